The van der Waals surface area contributed by atoms with Gasteiger partial charge in [0, 0.05) is 36.6 Å². The van der Waals surface area contributed by atoms with Gasteiger partial charge in [-0.05, 0) is 47.6 Å². The number of hydrogen-bond acceptors (Lipinski definition) is 9. The summed E-state index contributed by atoms with van der Waals surface area (Å²) in [5.74, 6) is 1.82. The van der Waals surface area contributed by atoms with Crippen molar-refractivity contribution in [3.63, 3.8) is 0 Å². The van der Waals surface area contributed by atoms with E-state index >= 15 is 0 Å². The lowest BCUT2D eigenvalue weighted by atomic mass is 10.3. The van der Waals surface area contributed by atoms with Gasteiger partial charge in [0.2, 0.25) is 0 Å². The summed E-state index contributed by atoms with van der Waals surface area (Å²) < 4.78 is 1.52. The lowest BCUT2D eigenvalue weighted by Gasteiger charge is -2.29. The van der Waals surface area contributed by atoms with E-state index in [0.717, 1.165) is 0 Å². The van der Waals surface area contributed by atoms with E-state index in [4.69, 9.17) is 11.5 Å². The first-order valence-electron chi connectivity index (χ1n) is 10.5. The zero-order valence-corrected chi connectivity index (χ0v) is 20.2. The molecule has 0 saturated heterocycles. The van der Waals surface area contributed by atoms with Crippen LogP contribution < -0.4 is 22.5 Å². The molecule has 2 aliphatic heterocycles. The van der Waals surface area contributed by atoms with Crippen LogP contribution in [0.1, 0.15) is 47.6 Å². The van der Waals surface area contributed by atoms with Crippen molar-refractivity contribution in [1.82, 2.24) is 24.8 Å². The molecule has 0 saturated carbocycles. The van der Waals surface area contributed by atoms with E-state index in [9.17, 15) is 9.59 Å². The highest BCUT2D eigenvalue weighted by Gasteiger charge is 2.14. The molecular weight excluding hydrogens is 422 g/mol. The number of aliphatic imine (C=N–C) groups is 1. The molecule has 0 spiro atoms. The van der Waals surface area contributed by atoms with Crippen LogP contribution in [0.2, 0.25) is 0 Å². The Labute approximate surface area is 194 Å². The van der Waals surface area contributed by atoms with Crippen LogP contribution >= 0.6 is 0 Å². The van der Waals surface area contributed by atoms with E-state index in [0.29, 0.717) is 23.5 Å². The second kappa shape index (κ2) is 12.2. The number of amidine groups is 1. The second-order valence-corrected chi connectivity index (χ2v) is 8.02. The lowest BCUT2D eigenvalue weighted by molar-refractivity contribution is -0.116. The van der Waals surface area contributed by atoms with Crippen molar-refractivity contribution in [3.05, 3.63) is 59.8 Å². The molecule has 0 radical (unpaired) electrons. The summed E-state index contributed by atoms with van der Waals surface area (Å²) in [6.07, 6.45) is 6.41. The SMILES string of the molecule is C=C1N=C(N)C=NN1C(C)C.C=C1NC(=O)C=CN1C(C)C.CC(C)n1ccc(N)nc1=O. The van der Waals surface area contributed by atoms with Crippen LogP contribution in [0.3, 0.4) is 0 Å². The zero-order chi connectivity index (χ0) is 25.3. The molecule has 0 aliphatic carbocycles. The lowest BCUT2D eigenvalue weighted by Crippen LogP contribution is -2.38. The van der Waals surface area contributed by atoms with Gasteiger partial charge in [0.05, 0.1) is 6.21 Å². The molecular formula is C22H35N9O2. The van der Waals surface area contributed by atoms with Crippen LogP contribution in [-0.2, 0) is 4.79 Å². The Kier molecular flexibility index (Phi) is 10.1. The molecule has 11 nitrogen and oxygen atoms in total. The summed E-state index contributed by atoms with van der Waals surface area (Å²) >= 11 is 0. The Morgan fingerprint density at radius 2 is 1.64 bits per heavy atom. The number of hydrogen-bond donors (Lipinski definition) is 3. The maximum absolute atomic E-state index is 11.1. The quantitative estimate of drug-likeness (QED) is 0.626. The van der Waals surface area contributed by atoms with Crippen LogP contribution in [0.5, 0.6) is 0 Å². The Balaban J connectivity index is 0.000000247. The third kappa shape index (κ3) is 8.63. The van der Waals surface area contributed by atoms with Crippen LogP contribution in [0, 0.1) is 0 Å². The van der Waals surface area contributed by atoms with E-state index in [2.05, 4.69) is 33.6 Å². The van der Waals surface area contributed by atoms with Crippen molar-refractivity contribution in [2.75, 3.05) is 5.73 Å². The molecule has 180 valence electrons. The standard InChI is InChI=1S/C8H12N2O.C7H12N4.C7H11N3O/c1-6(2)10-5-4-8(11)9-7(10)3;1-5(2)11-6(3)10-7(8)4-9-11;1-5(2)10-4-3-6(8)9-7(10)11/h4-6H,3H2,1-2H3,(H,9,11);4-5H,3H2,1-2H3,(H2,8,10);3-5H,1-2H3,(H2,8,9,11). The van der Waals surface area contributed by atoms with Gasteiger partial charge < -0.3 is 21.7 Å². The molecule has 0 aromatic carbocycles. The van der Waals surface area contributed by atoms with Crippen LogP contribution in [0.4, 0.5) is 5.82 Å². The number of nitrogen functional groups attached to an aromatic ring is 1. The average Bonchev–Trinajstić information content (AvgIpc) is 2.68. The van der Waals surface area contributed by atoms with E-state index < -0.39 is 0 Å². The van der Waals surface area contributed by atoms with Crippen molar-refractivity contribution in [2.45, 2.75) is 59.7 Å². The summed E-state index contributed by atoms with van der Waals surface area (Å²) in [7, 11) is 0. The van der Waals surface area contributed by atoms with E-state index in [1.807, 2.05) is 46.4 Å². The number of nitrogens with zero attached hydrogens (tertiary/aromatic N) is 6. The van der Waals surface area contributed by atoms with Gasteiger partial charge in [-0.2, -0.15) is 10.1 Å². The van der Waals surface area contributed by atoms with Crippen LogP contribution in [0.25, 0.3) is 0 Å². The minimum Gasteiger partial charge on any atom is -0.383 e. The van der Waals surface area contributed by atoms with Crippen molar-refractivity contribution in [1.29, 1.82) is 0 Å². The molecule has 1 amide bonds. The van der Waals surface area contributed by atoms with Gasteiger partial charge in [-0.1, -0.05) is 13.2 Å². The van der Waals surface area contributed by atoms with E-state index in [1.54, 1.807) is 23.5 Å². The van der Waals surface area contributed by atoms with Gasteiger partial charge in [0.25, 0.3) is 5.91 Å². The van der Waals surface area contributed by atoms with Gasteiger partial charge in [-0.3, -0.25) is 9.36 Å². The Morgan fingerprint density at radius 1 is 1.00 bits per heavy atom. The van der Waals surface area contributed by atoms with Gasteiger partial charge in [-0.25, -0.2) is 14.8 Å². The second-order valence-electron chi connectivity index (χ2n) is 8.02. The predicted molar refractivity (Wildman–Crippen MR) is 133 cm³/mol. The van der Waals surface area contributed by atoms with Gasteiger partial charge >= 0.3 is 5.69 Å². The first-order valence-corrected chi connectivity index (χ1v) is 10.5. The summed E-state index contributed by atoms with van der Waals surface area (Å²) in [4.78, 5) is 31.3. The number of rotatable bonds is 3. The molecule has 0 atom stereocenters. The first kappa shape index (κ1) is 27.1. The van der Waals surface area contributed by atoms with Crippen molar-refractivity contribution >= 4 is 23.8 Å². The minimum absolute atomic E-state index is 0.105. The van der Waals surface area contributed by atoms with Crippen LogP contribution in [-0.4, -0.2) is 49.5 Å². The molecule has 0 unspecified atom stereocenters. The number of anilines is 1. The van der Waals surface area contributed by atoms with Gasteiger partial charge in [-0.15, -0.1) is 0 Å². The molecule has 1 aromatic rings. The first-order chi connectivity index (χ1) is 15.3. The highest BCUT2D eigenvalue weighted by Crippen LogP contribution is 2.11. The number of nitrogens with two attached hydrogens (primary N) is 2. The number of nitrogens with one attached hydrogen (secondary N) is 1. The molecule has 3 rings (SSSR count). The summed E-state index contributed by atoms with van der Waals surface area (Å²) in [5, 5.41) is 8.38. The number of carbonyl (C=O) groups excluding carboxylic acids is 1. The Bertz CT molecular complexity index is 1000. The fourth-order valence-corrected chi connectivity index (χ4v) is 2.64. The normalized spacial score (nSPS) is 15.2. The third-order valence-corrected chi connectivity index (χ3v) is 4.26. The molecule has 0 bridgehead atoms. The highest BCUT2D eigenvalue weighted by atomic mass is 16.2. The molecule has 1 aromatic heterocycles. The molecule has 3 heterocycles. The fraction of sp³-hybridized carbons (Fsp3) is 0.409. The van der Waals surface area contributed by atoms with Crippen molar-refractivity contribution < 1.29 is 4.79 Å². The Morgan fingerprint density at radius 3 is 2.09 bits per heavy atom. The highest BCUT2D eigenvalue weighted by molar-refractivity contribution is 6.29. The maximum Gasteiger partial charge on any atom is 0.349 e. The van der Waals surface area contributed by atoms with E-state index in [-0.39, 0.29) is 29.5 Å². The monoisotopic (exact) mass is 457 g/mol. The molecule has 33 heavy (non-hydrogen) atoms. The van der Waals surface area contributed by atoms with Crippen molar-refractivity contribution in [3.8, 4) is 0 Å². The van der Waals surface area contributed by atoms with Crippen molar-refractivity contribution in [2.24, 2.45) is 15.8 Å². The summed E-state index contributed by atoms with van der Waals surface area (Å²) in [6, 6.07) is 2.35. The largest absolute Gasteiger partial charge is 0.383 e. The maximum atomic E-state index is 11.1. The summed E-state index contributed by atoms with van der Waals surface area (Å²) in [5.41, 5.74) is 10.4. The summed E-state index contributed by atoms with van der Waals surface area (Å²) in [6.45, 7) is 19.4. The Hall–Kier alpha value is -3.89. The van der Waals surface area contributed by atoms with Gasteiger partial charge in [0.1, 0.15) is 23.3 Å². The molecule has 0 fully saturated rings. The number of hydrazone groups is 1. The fourth-order valence-electron chi connectivity index (χ4n) is 2.64. The predicted octanol–water partition coefficient (Wildman–Crippen LogP) is 1.74. The molecule has 2 aliphatic rings. The number of amides is 1. The van der Waals surface area contributed by atoms with Gasteiger partial charge in [0.15, 0.2) is 0 Å². The topological polar surface area (TPSA) is 147 Å². The average molecular weight is 458 g/mol. The zero-order valence-electron chi connectivity index (χ0n) is 20.2. The van der Waals surface area contributed by atoms with Crippen LogP contribution in [0.15, 0.2) is 64.2 Å². The van der Waals surface area contributed by atoms with E-state index in [1.165, 1.54) is 16.9 Å². The number of aromatic nitrogens is 2. The smallest absolute Gasteiger partial charge is 0.349 e. The third-order valence-electron chi connectivity index (χ3n) is 4.26. The molecule has 5 N–H and O–H groups in total. The minimum atomic E-state index is -0.292. The molecule has 11 heteroatoms. The number of carbonyl (C=O) groups is 1.